The van der Waals surface area contributed by atoms with E-state index in [0.29, 0.717) is 28.0 Å². The zero-order valence-electron chi connectivity index (χ0n) is 20.6. The Morgan fingerprint density at radius 2 is 1.79 bits per heavy atom. The van der Waals surface area contributed by atoms with Crippen molar-refractivity contribution < 1.29 is 14.6 Å². The number of rotatable bonds is 9. The summed E-state index contributed by atoms with van der Waals surface area (Å²) in [6, 6.07) is 17.1. The molecule has 0 unspecified atom stereocenters. The third-order valence-corrected chi connectivity index (χ3v) is 6.10. The number of carbonyl (C=O) groups is 1. The van der Waals surface area contributed by atoms with Gasteiger partial charge in [0.2, 0.25) is 11.8 Å². The number of anilines is 2. The van der Waals surface area contributed by atoms with Crippen molar-refractivity contribution in [1.29, 1.82) is 0 Å². The van der Waals surface area contributed by atoms with E-state index in [2.05, 4.69) is 20.4 Å². The van der Waals surface area contributed by atoms with E-state index < -0.39 is 23.3 Å². The quantitative estimate of drug-likeness (QED) is 0.283. The van der Waals surface area contributed by atoms with Crippen LogP contribution in [0.1, 0.15) is 12.5 Å². The van der Waals surface area contributed by atoms with Crippen molar-refractivity contribution in [3.05, 3.63) is 105 Å². The lowest BCUT2D eigenvalue weighted by Crippen LogP contribution is -2.44. The zero-order valence-corrected chi connectivity index (χ0v) is 21.3. The van der Waals surface area contributed by atoms with Gasteiger partial charge in [0, 0.05) is 35.7 Å². The first kappa shape index (κ1) is 25.7. The van der Waals surface area contributed by atoms with Crippen LogP contribution in [0.25, 0.3) is 5.65 Å². The zero-order chi connectivity index (χ0) is 27.5. The van der Waals surface area contributed by atoms with Crippen molar-refractivity contribution in [1.82, 2.24) is 28.7 Å². The first-order valence-corrected chi connectivity index (χ1v) is 12.2. The molecule has 0 bridgehead atoms. The highest BCUT2D eigenvalue weighted by molar-refractivity contribution is 6.30. The van der Waals surface area contributed by atoms with Gasteiger partial charge in [-0.05, 0) is 48.0 Å². The molecule has 0 aliphatic rings. The average molecular weight is 548 g/mol. The lowest BCUT2D eigenvalue weighted by Gasteiger charge is -2.17. The highest BCUT2D eigenvalue weighted by Crippen LogP contribution is 2.23. The van der Waals surface area contributed by atoms with Crippen molar-refractivity contribution in [3.63, 3.8) is 0 Å². The number of aromatic nitrogens is 6. The number of hydrogen-bond acceptors (Lipinski definition) is 8. The molecule has 12 nitrogen and oxygen atoms in total. The Labute approximate surface area is 225 Å². The highest BCUT2D eigenvalue weighted by Gasteiger charge is 2.19. The Balaban J connectivity index is 1.43. The molecular weight excluding hydrogens is 526 g/mol. The minimum atomic E-state index is -1.13. The van der Waals surface area contributed by atoms with Gasteiger partial charge in [-0.25, -0.2) is 23.7 Å². The fourth-order valence-corrected chi connectivity index (χ4v) is 3.88. The van der Waals surface area contributed by atoms with Crippen LogP contribution in [0.15, 0.2) is 82.6 Å². The summed E-state index contributed by atoms with van der Waals surface area (Å²) in [4.78, 5) is 45.6. The molecule has 0 radical (unpaired) electrons. The normalized spacial score (nSPS) is 11.8. The second-order valence-corrected chi connectivity index (χ2v) is 9.15. The van der Waals surface area contributed by atoms with E-state index in [1.54, 1.807) is 77.6 Å². The van der Waals surface area contributed by atoms with E-state index in [1.165, 1.54) is 11.5 Å². The van der Waals surface area contributed by atoms with Gasteiger partial charge in [-0.1, -0.05) is 30.7 Å². The fourth-order valence-electron chi connectivity index (χ4n) is 3.76. The van der Waals surface area contributed by atoms with Crippen molar-refractivity contribution in [2.75, 3.05) is 5.32 Å². The molecule has 3 heterocycles. The molecule has 0 saturated heterocycles. The van der Waals surface area contributed by atoms with Gasteiger partial charge in [0.15, 0.2) is 5.65 Å². The number of nitrogens with one attached hydrogen (secondary N) is 1. The van der Waals surface area contributed by atoms with Crippen LogP contribution in [0.5, 0.6) is 11.6 Å². The maximum atomic E-state index is 13.4. The van der Waals surface area contributed by atoms with Gasteiger partial charge in [-0.15, -0.1) is 5.10 Å². The van der Waals surface area contributed by atoms with E-state index in [9.17, 15) is 19.5 Å². The molecule has 0 amide bonds. The number of fused-ring (bicyclic) bond motifs is 1. The average Bonchev–Trinajstić information content (AvgIpc) is 3.39. The van der Waals surface area contributed by atoms with Crippen LogP contribution >= 0.6 is 11.6 Å². The maximum absolute atomic E-state index is 13.4. The minimum absolute atomic E-state index is 0.0000671. The van der Waals surface area contributed by atoms with Crippen LogP contribution < -0.4 is 21.4 Å². The van der Waals surface area contributed by atoms with Crippen LogP contribution in [-0.2, 0) is 17.9 Å². The maximum Gasteiger partial charge on any atom is 0.354 e. The summed E-state index contributed by atoms with van der Waals surface area (Å²) >= 11 is 5.99. The Bertz CT molecular complexity index is 1760. The van der Waals surface area contributed by atoms with E-state index in [-0.39, 0.29) is 19.0 Å². The summed E-state index contributed by atoms with van der Waals surface area (Å²) in [7, 11) is 0. The summed E-state index contributed by atoms with van der Waals surface area (Å²) in [5.74, 6) is -1.21. The topological polar surface area (TPSA) is 146 Å². The van der Waals surface area contributed by atoms with E-state index in [4.69, 9.17) is 16.3 Å². The molecule has 2 aromatic carbocycles. The summed E-state index contributed by atoms with van der Waals surface area (Å²) < 4.78 is 9.50. The number of imidazole rings is 1. The lowest BCUT2D eigenvalue weighted by atomic mass is 10.2. The number of carboxylic acid groups (broad SMARTS) is 1. The standard InChI is InChI=1S/C26H22ClN7O5/c1-16(23(35)36)14-33-25(37)30-24(32(26(33)38)15-17-2-4-18(27)5-3-17)29-19-6-8-20(9-7-19)39-22-11-10-21-28-12-13-34(21)31-22/h2-13,16H,14-15H2,1H3,(H,35,36)(H,29,30,37)/t16-/m0/s1. The van der Waals surface area contributed by atoms with Crippen LogP contribution in [0.3, 0.4) is 0 Å². The first-order chi connectivity index (χ1) is 18.8. The first-order valence-electron chi connectivity index (χ1n) is 11.8. The Morgan fingerprint density at radius 1 is 1.05 bits per heavy atom. The molecule has 0 fully saturated rings. The number of ether oxygens (including phenoxy) is 1. The largest absolute Gasteiger partial charge is 0.481 e. The molecule has 0 aliphatic carbocycles. The highest BCUT2D eigenvalue weighted by atomic mass is 35.5. The minimum Gasteiger partial charge on any atom is -0.481 e. The van der Waals surface area contributed by atoms with Crippen molar-refractivity contribution in [2.45, 2.75) is 20.0 Å². The van der Waals surface area contributed by atoms with Gasteiger partial charge in [0.25, 0.3) is 0 Å². The molecule has 3 aromatic heterocycles. The van der Waals surface area contributed by atoms with Gasteiger partial charge in [-0.3, -0.25) is 9.36 Å². The van der Waals surface area contributed by atoms with Crippen molar-refractivity contribution in [3.8, 4) is 11.6 Å². The van der Waals surface area contributed by atoms with Crippen LogP contribution in [0.4, 0.5) is 11.6 Å². The van der Waals surface area contributed by atoms with Crippen molar-refractivity contribution in [2.24, 2.45) is 5.92 Å². The summed E-state index contributed by atoms with van der Waals surface area (Å²) in [6.45, 7) is 1.17. The van der Waals surface area contributed by atoms with E-state index in [0.717, 1.165) is 10.1 Å². The van der Waals surface area contributed by atoms with Gasteiger partial charge in [0.1, 0.15) is 5.75 Å². The number of carboxylic acids is 1. The van der Waals surface area contributed by atoms with E-state index in [1.807, 2.05) is 0 Å². The molecule has 5 rings (SSSR count). The van der Waals surface area contributed by atoms with Crippen LogP contribution in [-0.4, -0.2) is 39.8 Å². The monoisotopic (exact) mass is 547 g/mol. The molecule has 13 heteroatoms. The van der Waals surface area contributed by atoms with Gasteiger partial charge >= 0.3 is 17.3 Å². The van der Waals surface area contributed by atoms with Gasteiger partial charge in [-0.2, -0.15) is 4.98 Å². The molecular formula is C26H22ClN7O5. The van der Waals surface area contributed by atoms with Gasteiger partial charge in [0.05, 0.1) is 12.5 Å². The third-order valence-electron chi connectivity index (χ3n) is 5.85. The molecule has 0 saturated carbocycles. The Hall–Kier alpha value is -4.97. The van der Waals surface area contributed by atoms with Gasteiger partial charge < -0.3 is 15.2 Å². The van der Waals surface area contributed by atoms with E-state index >= 15 is 0 Å². The molecule has 39 heavy (non-hydrogen) atoms. The number of benzene rings is 2. The number of halogens is 1. The number of hydrogen-bond donors (Lipinski definition) is 2. The third kappa shape index (κ3) is 5.80. The second kappa shape index (κ2) is 10.8. The lowest BCUT2D eigenvalue weighted by molar-refractivity contribution is -0.141. The molecule has 1 atom stereocenters. The Kier molecular flexibility index (Phi) is 7.10. The van der Waals surface area contributed by atoms with Crippen LogP contribution in [0.2, 0.25) is 5.02 Å². The summed E-state index contributed by atoms with van der Waals surface area (Å²) in [6.07, 6.45) is 3.35. The predicted molar refractivity (Wildman–Crippen MR) is 143 cm³/mol. The molecule has 5 aromatic rings. The molecule has 2 N–H and O–H groups in total. The van der Waals surface area contributed by atoms with Crippen molar-refractivity contribution >= 4 is 34.9 Å². The smallest absolute Gasteiger partial charge is 0.354 e. The summed E-state index contributed by atoms with van der Waals surface area (Å²) in [5, 5.41) is 17.1. The fraction of sp³-hybridized carbons (Fsp3) is 0.154. The number of aliphatic carboxylic acids is 1. The molecule has 198 valence electrons. The van der Waals surface area contributed by atoms with Crippen LogP contribution in [0, 0.1) is 5.92 Å². The SMILES string of the molecule is C[C@@H](Cn1c(=O)nc(Nc2ccc(Oc3ccc4nccn4n3)cc2)n(Cc2ccc(Cl)cc2)c1=O)C(=O)O. The Morgan fingerprint density at radius 3 is 2.51 bits per heavy atom. The predicted octanol–water partition coefficient (Wildman–Crippen LogP) is 3.41. The molecule has 0 spiro atoms. The number of nitrogens with zero attached hydrogens (tertiary/aromatic N) is 6. The second-order valence-electron chi connectivity index (χ2n) is 8.72. The molecule has 0 aliphatic heterocycles. The summed E-state index contributed by atoms with van der Waals surface area (Å²) in [5.41, 5.74) is 0.408.